The van der Waals surface area contributed by atoms with E-state index in [2.05, 4.69) is 56.3 Å². The fourth-order valence-corrected chi connectivity index (χ4v) is 3.45. The van der Waals surface area contributed by atoms with E-state index in [1.165, 1.54) is 22.3 Å². The standard InChI is InChI=1S/C19H22O/c1-13-9-14(2)11-18(10-13)19(20)17-8-7-15-5-3-4-6-16(15)12-17/h3-6,9-11,17,19-20H,7-8,12H2,1-2H3. The third-order valence-electron chi connectivity index (χ3n) is 4.42. The summed E-state index contributed by atoms with van der Waals surface area (Å²) >= 11 is 0. The lowest BCUT2D eigenvalue weighted by molar-refractivity contribution is 0.0994. The largest absolute Gasteiger partial charge is 0.388 e. The third kappa shape index (κ3) is 2.64. The Kier molecular flexibility index (Phi) is 3.62. The van der Waals surface area contributed by atoms with E-state index in [-0.39, 0.29) is 6.10 Å². The number of benzene rings is 2. The van der Waals surface area contributed by atoms with E-state index in [4.69, 9.17) is 0 Å². The van der Waals surface area contributed by atoms with Gasteiger partial charge in [0.05, 0.1) is 6.10 Å². The first-order valence-corrected chi connectivity index (χ1v) is 7.46. The number of hydrogen-bond acceptors (Lipinski definition) is 1. The van der Waals surface area contributed by atoms with Crippen LogP contribution in [0.4, 0.5) is 0 Å². The Bertz CT molecular complexity index is 595. The Hall–Kier alpha value is -1.60. The summed E-state index contributed by atoms with van der Waals surface area (Å²) in [6.07, 6.45) is 2.81. The van der Waals surface area contributed by atoms with Gasteiger partial charge in [0, 0.05) is 0 Å². The maximum absolute atomic E-state index is 10.7. The van der Waals surface area contributed by atoms with E-state index in [1.54, 1.807) is 0 Å². The highest BCUT2D eigenvalue weighted by Crippen LogP contribution is 2.34. The molecule has 0 heterocycles. The van der Waals surface area contributed by atoms with Gasteiger partial charge in [-0.3, -0.25) is 0 Å². The lowest BCUT2D eigenvalue weighted by atomic mass is 9.79. The molecule has 2 atom stereocenters. The molecule has 1 N–H and O–H groups in total. The van der Waals surface area contributed by atoms with Crippen molar-refractivity contribution in [1.82, 2.24) is 0 Å². The lowest BCUT2D eigenvalue weighted by Gasteiger charge is -2.29. The normalized spacial score (nSPS) is 19.4. The zero-order valence-electron chi connectivity index (χ0n) is 12.3. The number of fused-ring (bicyclic) bond motifs is 1. The van der Waals surface area contributed by atoms with Crippen molar-refractivity contribution < 1.29 is 5.11 Å². The summed E-state index contributed by atoms with van der Waals surface area (Å²) in [7, 11) is 0. The molecule has 0 radical (unpaired) electrons. The Balaban J connectivity index is 1.83. The van der Waals surface area contributed by atoms with Gasteiger partial charge in [-0.05, 0) is 55.7 Å². The summed E-state index contributed by atoms with van der Waals surface area (Å²) in [6.45, 7) is 4.19. The molecule has 1 heteroatoms. The molecule has 0 saturated carbocycles. The van der Waals surface area contributed by atoms with Crippen molar-refractivity contribution in [2.75, 3.05) is 0 Å². The third-order valence-corrected chi connectivity index (χ3v) is 4.42. The quantitative estimate of drug-likeness (QED) is 0.866. The molecule has 0 saturated heterocycles. The van der Waals surface area contributed by atoms with Gasteiger partial charge < -0.3 is 5.11 Å². The molecule has 0 amide bonds. The molecule has 1 nitrogen and oxygen atoms in total. The highest BCUT2D eigenvalue weighted by Gasteiger charge is 2.25. The molecule has 1 aliphatic rings. The summed E-state index contributed by atoms with van der Waals surface area (Å²) in [5, 5.41) is 10.7. The zero-order valence-corrected chi connectivity index (χ0v) is 12.3. The van der Waals surface area contributed by atoms with E-state index in [0.717, 1.165) is 24.8 Å². The van der Waals surface area contributed by atoms with Gasteiger partial charge in [-0.25, -0.2) is 0 Å². The minimum atomic E-state index is -0.345. The average molecular weight is 266 g/mol. The van der Waals surface area contributed by atoms with Gasteiger partial charge in [-0.1, -0.05) is 53.6 Å². The van der Waals surface area contributed by atoms with Crippen LogP contribution in [0.15, 0.2) is 42.5 Å². The van der Waals surface area contributed by atoms with Crippen molar-refractivity contribution >= 4 is 0 Å². The lowest BCUT2D eigenvalue weighted by Crippen LogP contribution is -2.21. The van der Waals surface area contributed by atoms with E-state index in [0.29, 0.717) is 5.92 Å². The van der Waals surface area contributed by atoms with Crippen LogP contribution >= 0.6 is 0 Å². The second-order valence-electron chi connectivity index (χ2n) is 6.14. The Morgan fingerprint density at radius 3 is 2.35 bits per heavy atom. The molecule has 2 unspecified atom stereocenters. The number of aryl methyl sites for hydroxylation is 3. The molecule has 2 aromatic rings. The van der Waals surface area contributed by atoms with Crippen molar-refractivity contribution in [1.29, 1.82) is 0 Å². The molecular weight excluding hydrogens is 244 g/mol. The first-order chi connectivity index (χ1) is 9.63. The van der Waals surface area contributed by atoms with Gasteiger partial charge in [0.15, 0.2) is 0 Å². The van der Waals surface area contributed by atoms with E-state index >= 15 is 0 Å². The minimum Gasteiger partial charge on any atom is -0.388 e. The Morgan fingerprint density at radius 2 is 1.65 bits per heavy atom. The molecule has 0 aliphatic heterocycles. The second-order valence-corrected chi connectivity index (χ2v) is 6.14. The zero-order chi connectivity index (χ0) is 14.1. The molecule has 2 aromatic carbocycles. The van der Waals surface area contributed by atoms with E-state index in [9.17, 15) is 5.11 Å². The van der Waals surface area contributed by atoms with Gasteiger partial charge in [-0.2, -0.15) is 0 Å². The average Bonchev–Trinajstić information content (AvgIpc) is 2.45. The molecule has 20 heavy (non-hydrogen) atoms. The first-order valence-electron chi connectivity index (χ1n) is 7.46. The summed E-state index contributed by atoms with van der Waals surface area (Å²) < 4.78 is 0. The minimum absolute atomic E-state index is 0.339. The highest BCUT2D eigenvalue weighted by atomic mass is 16.3. The van der Waals surface area contributed by atoms with Gasteiger partial charge in [0.2, 0.25) is 0 Å². The monoisotopic (exact) mass is 266 g/mol. The van der Waals surface area contributed by atoms with Crippen LogP contribution in [0.1, 0.15) is 40.3 Å². The van der Waals surface area contributed by atoms with Crippen LogP contribution in [0.5, 0.6) is 0 Å². The summed E-state index contributed by atoms with van der Waals surface area (Å²) in [4.78, 5) is 0. The predicted octanol–water partition coefficient (Wildman–Crippen LogP) is 4.14. The highest BCUT2D eigenvalue weighted by molar-refractivity contribution is 5.33. The van der Waals surface area contributed by atoms with Gasteiger partial charge >= 0.3 is 0 Å². The molecule has 0 aromatic heterocycles. The number of aliphatic hydroxyl groups is 1. The molecule has 0 fully saturated rings. The Morgan fingerprint density at radius 1 is 1.00 bits per heavy atom. The number of aliphatic hydroxyl groups excluding tert-OH is 1. The summed E-state index contributed by atoms with van der Waals surface area (Å²) in [5.41, 5.74) is 6.40. The number of rotatable bonds is 2. The summed E-state index contributed by atoms with van der Waals surface area (Å²) in [5.74, 6) is 0.339. The van der Waals surface area contributed by atoms with Crippen LogP contribution in [0.2, 0.25) is 0 Å². The van der Waals surface area contributed by atoms with Crippen molar-refractivity contribution in [3.63, 3.8) is 0 Å². The van der Waals surface area contributed by atoms with Crippen molar-refractivity contribution in [3.05, 3.63) is 70.3 Å². The maximum Gasteiger partial charge on any atom is 0.0821 e. The molecule has 0 spiro atoms. The molecule has 0 bridgehead atoms. The van der Waals surface area contributed by atoms with Crippen LogP contribution in [0.25, 0.3) is 0 Å². The second kappa shape index (κ2) is 5.41. The first kappa shape index (κ1) is 13.4. The van der Waals surface area contributed by atoms with Crippen molar-refractivity contribution in [3.8, 4) is 0 Å². The fraction of sp³-hybridized carbons (Fsp3) is 0.368. The van der Waals surface area contributed by atoms with E-state index in [1.807, 2.05) is 0 Å². The van der Waals surface area contributed by atoms with Crippen LogP contribution in [-0.4, -0.2) is 5.11 Å². The SMILES string of the molecule is Cc1cc(C)cc(C(O)C2CCc3ccccc3C2)c1. The molecular formula is C19H22O. The Labute approximate surface area is 121 Å². The van der Waals surface area contributed by atoms with Gasteiger partial charge in [-0.15, -0.1) is 0 Å². The van der Waals surface area contributed by atoms with Gasteiger partial charge in [0.25, 0.3) is 0 Å². The molecule has 104 valence electrons. The van der Waals surface area contributed by atoms with Gasteiger partial charge in [0.1, 0.15) is 0 Å². The molecule has 3 rings (SSSR count). The van der Waals surface area contributed by atoms with Crippen molar-refractivity contribution in [2.45, 2.75) is 39.2 Å². The topological polar surface area (TPSA) is 20.2 Å². The smallest absolute Gasteiger partial charge is 0.0821 e. The maximum atomic E-state index is 10.7. The molecule has 1 aliphatic carbocycles. The number of hydrogen-bond donors (Lipinski definition) is 1. The van der Waals surface area contributed by atoms with Crippen LogP contribution in [-0.2, 0) is 12.8 Å². The van der Waals surface area contributed by atoms with Crippen LogP contribution < -0.4 is 0 Å². The fourth-order valence-electron chi connectivity index (χ4n) is 3.45. The summed E-state index contributed by atoms with van der Waals surface area (Å²) in [6, 6.07) is 15.0. The van der Waals surface area contributed by atoms with Crippen LogP contribution in [0.3, 0.4) is 0 Å². The van der Waals surface area contributed by atoms with Crippen LogP contribution in [0, 0.1) is 19.8 Å². The van der Waals surface area contributed by atoms with E-state index < -0.39 is 0 Å². The predicted molar refractivity (Wildman–Crippen MR) is 82.8 cm³/mol. The van der Waals surface area contributed by atoms with Crippen molar-refractivity contribution in [2.24, 2.45) is 5.92 Å².